The van der Waals surface area contributed by atoms with Crippen molar-refractivity contribution in [3.8, 4) is 0 Å². The van der Waals surface area contributed by atoms with E-state index in [2.05, 4.69) is 40.1 Å². The molecule has 1 aromatic rings. The number of hydrogen-bond donors (Lipinski definition) is 1. The summed E-state index contributed by atoms with van der Waals surface area (Å²) >= 11 is 0. The second-order valence-electron chi connectivity index (χ2n) is 4.12. The Balaban J connectivity index is 1.85. The van der Waals surface area contributed by atoms with E-state index < -0.39 is 0 Å². The van der Waals surface area contributed by atoms with E-state index in [9.17, 15) is 0 Å². The van der Waals surface area contributed by atoms with Crippen LogP contribution in [0.1, 0.15) is 18.9 Å². The predicted molar refractivity (Wildman–Crippen MR) is 57.5 cm³/mol. The number of hydrogen-bond acceptors (Lipinski definition) is 3. The third kappa shape index (κ3) is 2.26. The van der Waals surface area contributed by atoms with Gasteiger partial charge in [-0.1, -0.05) is 0 Å². The monoisotopic (exact) mass is 194 g/mol. The Labute approximate surface area is 84.9 Å². The van der Waals surface area contributed by atoms with Gasteiger partial charge in [-0.05, 0) is 26.9 Å². The van der Waals surface area contributed by atoms with Crippen LogP contribution in [-0.2, 0) is 0 Å². The maximum atomic E-state index is 4.31. The molecule has 2 rings (SSSR count). The second-order valence-corrected chi connectivity index (χ2v) is 4.12. The average molecular weight is 194 g/mol. The van der Waals surface area contributed by atoms with Crippen LogP contribution in [0.2, 0.25) is 0 Å². The molecule has 1 aromatic heterocycles. The van der Waals surface area contributed by atoms with Gasteiger partial charge in [-0.25, -0.2) is 4.98 Å². The average Bonchev–Trinajstić information content (AvgIpc) is 2.87. The van der Waals surface area contributed by atoms with E-state index in [0.717, 1.165) is 19.0 Å². The van der Waals surface area contributed by atoms with Crippen LogP contribution < -0.4 is 5.32 Å². The minimum atomic E-state index is 0.708. The number of aromatic nitrogens is 2. The summed E-state index contributed by atoms with van der Waals surface area (Å²) in [5, 5.41) is 3.36. The third-order valence-corrected chi connectivity index (χ3v) is 2.45. The molecule has 0 aromatic carbocycles. The van der Waals surface area contributed by atoms with E-state index in [1.807, 2.05) is 6.20 Å². The van der Waals surface area contributed by atoms with Crippen molar-refractivity contribution in [2.75, 3.05) is 32.5 Å². The fraction of sp³-hybridized carbons (Fsp3) is 0.700. The van der Waals surface area contributed by atoms with Crippen molar-refractivity contribution in [2.24, 2.45) is 0 Å². The Kier molecular flexibility index (Phi) is 2.72. The molecule has 1 aliphatic rings. The highest BCUT2D eigenvalue weighted by molar-refractivity contribution is 5.27. The van der Waals surface area contributed by atoms with Crippen molar-refractivity contribution in [1.82, 2.24) is 14.5 Å². The number of likely N-dealkylation sites (N-methyl/N-ethyl adjacent to an activating group) is 1. The molecule has 0 radical (unpaired) electrons. The summed E-state index contributed by atoms with van der Waals surface area (Å²) in [7, 11) is 4.16. The number of nitrogens with zero attached hydrogens (tertiary/aromatic N) is 3. The van der Waals surface area contributed by atoms with Crippen molar-refractivity contribution >= 4 is 5.95 Å². The zero-order valence-corrected chi connectivity index (χ0v) is 8.90. The summed E-state index contributed by atoms with van der Waals surface area (Å²) in [4.78, 5) is 6.47. The van der Waals surface area contributed by atoms with Gasteiger partial charge >= 0.3 is 0 Å². The summed E-state index contributed by atoms with van der Waals surface area (Å²) in [5.74, 6) is 1.02. The summed E-state index contributed by atoms with van der Waals surface area (Å²) in [6, 6.07) is 0.708. The smallest absolute Gasteiger partial charge is 0.203 e. The quantitative estimate of drug-likeness (QED) is 0.764. The van der Waals surface area contributed by atoms with Gasteiger partial charge in [0.15, 0.2) is 0 Å². The van der Waals surface area contributed by atoms with Crippen LogP contribution in [0.5, 0.6) is 0 Å². The molecule has 4 heteroatoms. The van der Waals surface area contributed by atoms with Gasteiger partial charge in [0.05, 0.1) is 0 Å². The van der Waals surface area contributed by atoms with Crippen LogP contribution in [0, 0.1) is 0 Å². The largest absolute Gasteiger partial charge is 0.354 e. The molecule has 1 aliphatic carbocycles. The van der Waals surface area contributed by atoms with Crippen LogP contribution in [-0.4, -0.2) is 41.6 Å². The molecular weight excluding hydrogens is 176 g/mol. The van der Waals surface area contributed by atoms with E-state index >= 15 is 0 Å². The van der Waals surface area contributed by atoms with Crippen LogP contribution in [0.25, 0.3) is 0 Å². The first kappa shape index (κ1) is 9.52. The Hall–Kier alpha value is -1.03. The molecule has 0 saturated heterocycles. The Morgan fingerprint density at radius 2 is 2.36 bits per heavy atom. The summed E-state index contributed by atoms with van der Waals surface area (Å²) in [5.41, 5.74) is 0. The Morgan fingerprint density at radius 1 is 1.57 bits per heavy atom. The first-order valence-electron chi connectivity index (χ1n) is 5.19. The van der Waals surface area contributed by atoms with Crippen molar-refractivity contribution in [1.29, 1.82) is 0 Å². The van der Waals surface area contributed by atoms with Crippen molar-refractivity contribution in [3.63, 3.8) is 0 Å². The van der Waals surface area contributed by atoms with Crippen LogP contribution >= 0.6 is 0 Å². The van der Waals surface area contributed by atoms with Gasteiger partial charge in [0.2, 0.25) is 5.95 Å². The lowest BCUT2D eigenvalue weighted by atomic mass is 10.5. The first-order valence-corrected chi connectivity index (χ1v) is 5.19. The fourth-order valence-electron chi connectivity index (χ4n) is 1.49. The molecule has 14 heavy (non-hydrogen) atoms. The maximum Gasteiger partial charge on any atom is 0.203 e. The summed E-state index contributed by atoms with van der Waals surface area (Å²) in [6.45, 7) is 1.99. The molecule has 78 valence electrons. The van der Waals surface area contributed by atoms with Crippen molar-refractivity contribution in [2.45, 2.75) is 18.9 Å². The molecule has 0 unspecified atom stereocenters. The number of rotatable bonds is 5. The minimum Gasteiger partial charge on any atom is -0.354 e. The number of nitrogens with one attached hydrogen (secondary N) is 1. The molecule has 0 amide bonds. The van der Waals surface area contributed by atoms with Gasteiger partial charge in [-0.2, -0.15) is 0 Å². The van der Waals surface area contributed by atoms with Crippen molar-refractivity contribution < 1.29 is 0 Å². The lowest BCUT2D eigenvalue weighted by Crippen LogP contribution is -2.22. The predicted octanol–water partition coefficient (Wildman–Crippen LogP) is 1.19. The fourth-order valence-corrected chi connectivity index (χ4v) is 1.49. The standard InChI is InChI=1S/C10H18N4/c1-13(2)7-5-11-10-12-6-8-14(10)9-3-4-9/h6,8-9H,3-5,7H2,1-2H3,(H,11,12). The van der Waals surface area contributed by atoms with Crippen LogP contribution in [0.3, 0.4) is 0 Å². The molecule has 1 heterocycles. The highest BCUT2D eigenvalue weighted by atomic mass is 15.2. The van der Waals surface area contributed by atoms with Gasteiger partial charge in [-0.15, -0.1) is 0 Å². The molecule has 0 atom stereocenters. The van der Waals surface area contributed by atoms with Gasteiger partial charge in [0.1, 0.15) is 0 Å². The van der Waals surface area contributed by atoms with Crippen molar-refractivity contribution in [3.05, 3.63) is 12.4 Å². The lowest BCUT2D eigenvalue weighted by molar-refractivity contribution is 0.424. The molecule has 1 saturated carbocycles. The molecule has 1 fully saturated rings. The highest BCUT2D eigenvalue weighted by Gasteiger charge is 2.25. The van der Waals surface area contributed by atoms with E-state index in [1.54, 1.807) is 0 Å². The molecule has 0 spiro atoms. The number of anilines is 1. The zero-order valence-electron chi connectivity index (χ0n) is 8.90. The SMILES string of the molecule is CN(C)CCNc1nccn1C1CC1. The third-order valence-electron chi connectivity index (χ3n) is 2.45. The van der Waals surface area contributed by atoms with Gasteiger partial charge in [0, 0.05) is 31.5 Å². The maximum absolute atomic E-state index is 4.31. The van der Waals surface area contributed by atoms with E-state index in [1.165, 1.54) is 12.8 Å². The number of imidazole rings is 1. The van der Waals surface area contributed by atoms with Crippen LogP contribution in [0.4, 0.5) is 5.95 Å². The summed E-state index contributed by atoms with van der Waals surface area (Å²) < 4.78 is 2.25. The lowest BCUT2D eigenvalue weighted by Gasteiger charge is -2.12. The van der Waals surface area contributed by atoms with E-state index in [-0.39, 0.29) is 0 Å². The van der Waals surface area contributed by atoms with Gasteiger partial charge in [0.25, 0.3) is 0 Å². The van der Waals surface area contributed by atoms with Gasteiger partial charge in [-0.3, -0.25) is 0 Å². The normalized spacial score (nSPS) is 16.2. The topological polar surface area (TPSA) is 33.1 Å². The first-order chi connectivity index (χ1) is 6.77. The van der Waals surface area contributed by atoms with E-state index in [4.69, 9.17) is 0 Å². The van der Waals surface area contributed by atoms with Gasteiger partial charge < -0.3 is 14.8 Å². The molecular formula is C10H18N4. The van der Waals surface area contributed by atoms with E-state index in [0.29, 0.717) is 6.04 Å². The van der Waals surface area contributed by atoms with Crippen LogP contribution in [0.15, 0.2) is 12.4 Å². The molecule has 1 N–H and O–H groups in total. The Morgan fingerprint density at radius 3 is 3.00 bits per heavy atom. The molecule has 0 bridgehead atoms. The second kappa shape index (κ2) is 4.00. The highest BCUT2D eigenvalue weighted by Crippen LogP contribution is 2.36. The summed E-state index contributed by atoms with van der Waals surface area (Å²) in [6.07, 6.45) is 6.55. The molecule has 4 nitrogen and oxygen atoms in total. The molecule has 0 aliphatic heterocycles. The Bertz CT molecular complexity index is 288. The zero-order chi connectivity index (χ0) is 9.97. The minimum absolute atomic E-state index is 0.708.